The summed E-state index contributed by atoms with van der Waals surface area (Å²) in [6.07, 6.45) is 8.04. The van der Waals surface area contributed by atoms with Crippen molar-refractivity contribution >= 4 is 5.91 Å². The smallest absolute Gasteiger partial charge is 0.222 e. The van der Waals surface area contributed by atoms with Gasteiger partial charge in [0.1, 0.15) is 0 Å². The van der Waals surface area contributed by atoms with Gasteiger partial charge in [-0.1, -0.05) is 19.3 Å². The van der Waals surface area contributed by atoms with Crippen LogP contribution in [0.15, 0.2) is 0 Å². The van der Waals surface area contributed by atoms with Gasteiger partial charge in [-0.25, -0.2) is 0 Å². The maximum absolute atomic E-state index is 11.8. The topological polar surface area (TPSA) is 46.3 Å². The molecule has 0 aromatic rings. The normalized spacial score (nSPS) is 19.4. The lowest BCUT2D eigenvalue weighted by atomic mass is 9.89. The molecule has 94 valence electrons. The summed E-state index contributed by atoms with van der Waals surface area (Å²) in [6.45, 7) is 2.90. The Bertz CT molecular complexity index is 210. The molecule has 0 bridgehead atoms. The molecule has 0 aromatic carbocycles. The summed E-state index contributed by atoms with van der Waals surface area (Å²) < 4.78 is 0. The lowest BCUT2D eigenvalue weighted by Crippen LogP contribution is -2.33. The second-order valence-corrected chi connectivity index (χ2v) is 5.29. The summed E-state index contributed by atoms with van der Waals surface area (Å²) in [6, 6.07) is 0.132. The van der Waals surface area contributed by atoms with Gasteiger partial charge in [0, 0.05) is 26.1 Å². The van der Waals surface area contributed by atoms with E-state index in [-0.39, 0.29) is 11.9 Å². The fourth-order valence-corrected chi connectivity index (χ4v) is 2.40. The molecule has 1 fully saturated rings. The lowest BCUT2D eigenvalue weighted by Gasteiger charge is -2.27. The molecule has 16 heavy (non-hydrogen) atoms. The first kappa shape index (κ1) is 13.5. The van der Waals surface area contributed by atoms with Crippen molar-refractivity contribution in [1.82, 2.24) is 4.90 Å². The first-order chi connectivity index (χ1) is 7.59. The van der Waals surface area contributed by atoms with Crippen LogP contribution >= 0.6 is 0 Å². The van der Waals surface area contributed by atoms with Crippen molar-refractivity contribution in [3.63, 3.8) is 0 Å². The zero-order valence-corrected chi connectivity index (χ0v) is 10.7. The third kappa shape index (κ3) is 4.97. The van der Waals surface area contributed by atoms with Crippen LogP contribution < -0.4 is 5.73 Å². The summed E-state index contributed by atoms with van der Waals surface area (Å²) in [7, 11) is 1.93. The van der Waals surface area contributed by atoms with Crippen LogP contribution in [0.1, 0.15) is 51.9 Å². The maximum Gasteiger partial charge on any atom is 0.222 e. The van der Waals surface area contributed by atoms with Gasteiger partial charge in [-0.3, -0.25) is 4.79 Å². The van der Waals surface area contributed by atoms with E-state index in [9.17, 15) is 4.79 Å². The molecule has 2 N–H and O–H groups in total. The maximum atomic E-state index is 11.8. The van der Waals surface area contributed by atoms with Crippen LogP contribution in [0.4, 0.5) is 0 Å². The molecule has 1 unspecified atom stereocenters. The van der Waals surface area contributed by atoms with Crippen molar-refractivity contribution in [2.45, 2.75) is 57.9 Å². The summed E-state index contributed by atoms with van der Waals surface area (Å²) in [5.74, 6) is 0.987. The van der Waals surface area contributed by atoms with Crippen LogP contribution in [0.25, 0.3) is 0 Å². The van der Waals surface area contributed by atoms with Crippen molar-refractivity contribution in [1.29, 1.82) is 0 Å². The number of nitrogens with zero attached hydrogens (tertiary/aromatic N) is 1. The minimum atomic E-state index is 0.132. The summed E-state index contributed by atoms with van der Waals surface area (Å²) in [4.78, 5) is 13.7. The molecule has 1 aliphatic rings. The average Bonchev–Trinajstić information content (AvgIpc) is 2.27. The van der Waals surface area contributed by atoms with Gasteiger partial charge < -0.3 is 10.6 Å². The van der Waals surface area contributed by atoms with Gasteiger partial charge in [-0.2, -0.15) is 0 Å². The van der Waals surface area contributed by atoms with Gasteiger partial charge in [0.15, 0.2) is 0 Å². The molecule has 0 aromatic heterocycles. The van der Waals surface area contributed by atoms with Gasteiger partial charge in [0.2, 0.25) is 5.91 Å². The van der Waals surface area contributed by atoms with E-state index in [0.29, 0.717) is 6.42 Å². The second-order valence-electron chi connectivity index (χ2n) is 5.29. The van der Waals surface area contributed by atoms with Gasteiger partial charge in [-0.05, 0) is 32.1 Å². The molecule has 0 saturated heterocycles. The molecular weight excluding hydrogens is 200 g/mol. The number of carbonyl (C=O) groups is 1. The van der Waals surface area contributed by atoms with Crippen LogP contribution in [0.5, 0.6) is 0 Å². The highest BCUT2D eigenvalue weighted by Crippen LogP contribution is 2.24. The Morgan fingerprint density at radius 3 is 2.56 bits per heavy atom. The molecular formula is C13H26N2O. The van der Waals surface area contributed by atoms with E-state index in [0.717, 1.165) is 18.9 Å². The average molecular weight is 226 g/mol. The van der Waals surface area contributed by atoms with Crippen LogP contribution in [0, 0.1) is 5.92 Å². The third-order valence-corrected chi connectivity index (χ3v) is 3.50. The molecule has 0 aliphatic heterocycles. The fraction of sp³-hybridized carbons (Fsp3) is 0.923. The van der Waals surface area contributed by atoms with E-state index in [2.05, 4.69) is 0 Å². The number of rotatable bonds is 5. The monoisotopic (exact) mass is 226 g/mol. The summed E-state index contributed by atoms with van der Waals surface area (Å²) in [5.41, 5.74) is 5.65. The molecule has 1 amide bonds. The zero-order valence-electron chi connectivity index (χ0n) is 10.7. The Morgan fingerprint density at radius 2 is 2.00 bits per heavy atom. The number of hydrogen-bond donors (Lipinski definition) is 1. The van der Waals surface area contributed by atoms with Crippen molar-refractivity contribution < 1.29 is 4.79 Å². The predicted molar refractivity (Wildman–Crippen MR) is 67.1 cm³/mol. The van der Waals surface area contributed by atoms with E-state index in [1.165, 1.54) is 32.1 Å². The number of carbonyl (C=O) groups excluding carboxylic acids is 1. The highest BCUT2D eigenvalue weighted by Gasteiger charge is 2.18. The highest BCUT2D eigenvalue weighted by atomic mass is 16.2. The summed E-state index contributed by atoms with van der Waals surface area (Å²) in [5, 5.41) is 0. The van der Waals surface area contributed by atoms with Crippen LogP contribution in [-0.2, 0) is 4.79 Å². The SMILES string of the molecule is CC(N)CCC(=O)N(C)CC1CCCCC1. The molecule has 3 heteroatoms. The van der Waals surface area contributed by atoms with Gasteiger partial charge in [-0.15, -0.1) is 0 Å². The van der Waals surface area contributed by atoms with E-state index in [4.69, 9.17) is 5.73 Å². The first-order valence-corrected chi connectivity index (χ1v) is 6.59. The summed E-state index contributed by atoms with van der Waals surface area (Å²) >= 11 is 0. The van der Waals surface area contributed by atoms with E-state index < -0.39 is 0 Å². The van der Waals surface area contributed by atoms with Crippen molar-refractivity contribution in [2.24, 2.45) is 11.7 Å². The second kappa shape index (κ2) is 6.89. The highest BCUT2D eigenvalue weighted by molar-refractivity contribution is 5.75. The number of hydrogen-bond acceptors (Lipinski definition) is 2. The standard InChI is InChI=1S/C13H26N2O/c1-11(14)8-9-13(16)15(2)10-12-6-4-3-5-7-12/h11-12H,3-10,14H2,1-2H3. The van der Waals surface area contributed by atoms with E-state index in [1.807, 2.05) is 18.9 Å². The minimum Gasteiger partial charge on any atom is -0.345 e. The van der Waals surface area contributed by atoms with Gasteiger partial charge >= 0.3 is 0 Å². The Morgan fingerprint density at radius 1 is 1.38 bits per heavy atom. The molecule has 3 nitrogen and oxygen atoms in total. The molecule has 0 radical (unpaired) electrons. The molecule has 0 spiro atoms. The Labute approximate surface area is 99.4 Å². The van der Waals surface area contributed by atoms with Crippen LogP contribution in [0.3, 0.4) is 0 Å². The third-order valence-electron chi connectivity index (χ3n) is 3.50. The minimum absolute atomic E-state index is 0.132. The van der Waals surface area contributed by atoms with Crippen LogP contribution in [0.2, 0.25) is 0 Å². The van der Waals surface area contributed by atoms with Crippen molar-refractivity contribution in [3.05, 3.63) is 0 Å². The number of amides is 1. The Hall–Kier alpha value is -0.570. The lowest BCUT2D eigenvalue weighted by molar-refractivity contribution is -0.130. The van der Waals surface area contributed by atoms with Crippen molar-refractivity contribution in [3.8, 4) is 0 Å². The zero-order chi connectivity index (χ0) is 12.0. The van der Waals surface area contributed by atoms with Gasteiger partial charge in [0.25, 0.3) is 0 Å². The molecule has 1 atom stereocenters. The quantitative estimate of drug-likeness (QED) is 0.781. The molecule has 1 aliphatic carbocycles. The van der Waals surface area contributed by atoms with Gasteiger partial charge in [0.05, 0.1) is 0 Å². The van der Waals surface area contributed by atoms with E-state index >= 15 is 0 Å². The fourth-order valence-electron chi connectivity index (χ4n) is 2.40. The van der Waals surface area contributed by atoms with Crippen LogP contribution in [-0.4, -0.2) is 30.4 Å². The first-order valence-electron chi connectivity index (χ1n) is 6.59. The number of nitrogens with two attached hydrogens (primary N) is 1. The molecule has 1 saturated carbocycles. The van der Waals surface area contributed by atoms with Crippen molar-refractivity contribution in [2.75, 3.05) is 13.6 Å². The molecule has 1 rings (SSSR count). The molecule has 0 heterocycles. The Kier molecular flexibility index (Phi) is 5.81. The Balaban J connectivity index is 2.21. The predicted octanol–water partition coefficient (Wildman–Crippen LogP) is 2.15. The van der Waals surface area contributed by atoms with E-state index in [1.54, 1.807) is 0 Å². The largest absolute Gasteiger partial charge is 0.345 e.